The molecule has 0 amide bonds. The fourth-order valence-corrected chi connectivity index (χ4v) is 2.98. The van der Waals surface area contributed by atoms with E-state index in [-0.39, 0.29) is 6.10 Å². The van der Waals surface area contributed by atoms with E-state index >= 15 is 0 Å². The number of aliphatic hydroxyl groups excluding tert-OH is 1. The van der Waals surface area contributed by atoms with Gasteiger partial charge in [0.1, 0.15) is 0 Å². The predicted octanol–water partition coefficient (Wildman–Crippen LogP) is 2.68. The minimum absolute atomic E-state index is 0.328. The van der Waals surface area contributed by atoms with Gasteiger partial charge in [0.15, 0.2) is 0 Å². The Hall–Kier alpha value is -0.670. The predicted molar refractivity (Wildman–Crippen MR) is 71.2 cm³/mol. The molecule has 1 aliphatic heterocycles. The molecular weight excluding hydrogens is 218 g/mol. The molecule has 1 aromatic rings. The summed E-state index contributed by atoms with van der Waals surface area (Å²) < 4.78 is 0. The second kappa shape index (κ2) is 5.60. The lowest BCUT2D eigenvalue weighted by molar-refractivity contribution is 0.174. The van der Waals surface area contributed by atoms with Crippen LogP contribution < -0.4 is 4.90 Å². The summed E-state index contributed by atoms with van der Waals surface area (Å²) >= 11 is 2.01. The monoisotopic (exact) mass is 237 g/mol. The van der Waals surface area contributed by atoms with E-state index in [4.69, 9.17) is 0 Å². The zero-order valence-electron chi connectivity index (χ0n) is 9.72. The number of nitrogens with zero attached hydrogens (tertiary/aromatic N) is 1. The maximum Gasteiger partial charge on any atom is 0.0807 e. The van der Waals surface area contributed by atoms with Crippen molar-refractivity contribution in [3.63, 3.8) is 0 Å². The molecule has 0 radical (unpaired) electrons. The van der Waals surface area contributed by atoms with Crippen LogP contribution in [0.2, 0.25) is 0 Å². The van der Waals surface area contributed by atoms with Gasteiger partial charge in [0, 0.05) is 35.8 Å². The SMILES string of the molecule is CC[C@H](O)c1ccccc1N1CCSCC1. The van der Waals surface area contributed by atoms with Gasteiger partial charge in [0.25, 0.3) is 0 Å². The third-order valence-corrected chi connectivity index (χ3v) is 3.98. The fourth-order valence-electron chi connectivity index (χ4n) is 2.08. The van der Waals surface area contributed by atoms with Crippen molar-refractivity contribution in [1.82, 2.24) is 0 Å². The van der Waals surface area contributed by atoms with Crippen LogP contribution in [0.5, 0.6) is 0 Å². The molecule has 1 N–H and O–H groups in total. The zero-order chi connectivity index (χ0) is 11.4. The molecule has 1 atom stereocenters. The Labute approximate surface area is 102 Å². The lowest BCUT2D eigenvalue weighted by atomic mass is 10.0. The molecule has 1 aliphatic rings. The molecular formula is C13H19NOS. The van der Waals surface area contributed by atoms with Gasteiger partial charge < -0.3 is 10.0 Å². The first-order valence-electron chi connectivity index (χ1n) is 5.92. The van der Waals surface area contributed by atoms with Crippen molar-refractivity contribution in [2.75, 3.05) is 29.5 Å². The average molecular weight is 237 g/mol. The van der Waals surface area contributed by atoms with Gasteiger partial charge >= 0.3 is 0 Å². The summed E-state index contributed by atoms with van der Waals surface area (Å²) in [6.07, 6.45) is 0.449. The van der Waals surface area contributed by atoms with Crippen molar-refractivity contribution >= 4 is 17.4 Å². The first-order chi connectivity index (χ1) is 7.83. The first-order valence-corrected chi connectivity index (χ1v) is 7.08. The van der Waals surface area contributed by atoms with E-state index in [0.29, 0.717) is 0 Å². The highest BCUT2D eigenvalue weighted by molar-refractivity contribution is 7.99. The highest BCUT2D eigenvalue weighted by atomic mass is 32.2. The molecule has 0 aliphatic carbocycles. The quantitative estimate of drug-likeness (QED) is 0.874. The molecule has 0 aromatic heterocycles. The van der Waals surface area contributed by atoms with Gasteiger partial charge in [-0.15, -0.1) is 0 Å². The second-order valence-electron chi connectivity index (χ2n) is 4.08. The lowest BCUT2D eigenvalue weighted by Gasteiger charge is -2.31. The van der Waals surface area contributed by atoms with E-state index < -0.39 is 0 Å². The Kier molecular flexibility index (Phi) is 4.13. The number of aliphatic hydroxyl groups is 1. The molecule has 3 heteroatoms. The van der Waals surface area contributed by atoms with E-state index in [1.165, 1.54) is 17.2 Å². The number of rotatable bonds is 3. The van der Waals surface area contributed by atoms with Gasteiger partial charge in [-0.2, -0.15) is 11.8 Å². The lowest BCUT2D eigenvalue weighted by Crippen LogP contribution is -2.33. The third-order valence-electron chi connectivity index (χ3n) is 3.03. The van der Waals surface area contributed by atoms with Gasteiger partial charge in [0.2, 0.25) is 0 Å². The van der Waals surface area contributed by atoms with E-state index in [1.807, 2.05) is 30.8 Å². The molecule has 1 fully saturated rings. The number of para-hydroxylation sites is 1. The van der Waals surface area contributed by atoms with E-state index in [9.17, 15) is 5.11 Å². The number of benzene rings is 1. The molecule has 88 valence electrons. The molecule has 0 unspecified atom stereocenters. The zero-order valence-corrected chi connectivity index (χ0v) is 10.5. The summed E-state index contributed by atoms with van der Waals surface area (Å²) in [5, 5.41) is 10.0. The Morgan fingerprint density at radius 3 is 2.69 bits per heavy atom. The van der Waals surface area contributed by atoms with Crippen LogP contribution in [-0.4, -0.2) is 29.7 Å². The molecule has 1 saturated heterocycles. The minimum Gasteiger partial charge on any atom is -0.388 e. The summed E-state index contributed by atoms with van der Waals surface area (Å²) in [6, 6.07) is 8.24. The molecule has 1 aromatic carbocycles. The average Bonchev–Trinajstić information content (AvgIpc) is 2.39. The van der Waals surface area contributed by atoms with Crippen molar-refractivity contribution < 1.29 is 5.11 Å². The summed E-state index contributed by atoms with van der Waals surface area (Å²) in [6.45, 7) is 4.21. The summed E-state index contributed by atoms with van der Waals surface area (Å²) in [5.41, 5.74) is 2.30. The van der Waals surface area contributed by atoms with Crippen molar-refractivity contribution in [1.29, 1.82) is 0 Å². The maximum atomic E-state index is 10.0. The third kappa shape index (κ3) is 2.53. The molecule has 2 rings (SSSR count). The number of anilines is 1. The Morgan fingerprint density at radius 2 is 2.00 bits per heavy atom. The van der Waals surface area contributed by atoms with Gasteiger partial charge in [-0.05, 0) is 12.5 Å². The molecule has 2 nitrogen and oxygen atoms in total. The molecule has 16 heavy (non-hydrogen) atoms. The molecule has 0 spiro atoms. The normalized spacial score (nSPS) is 18.5. The van der Waals surface area contributed by atoms with Crippen LogP contribution in [0, 0.1) is 0 Å². The van der Waals surface area contributed by atoms with Crippen LogP contribution in [0.25, 0.3) is 0 Å². The van der Waals surface area contributed by atoms with Crippen molar-refractivity contribution in [3.8, 4) is 0 Å². The van der Waals surface area contributed by atoms with Crippen LogP contribution in [0.15, 0.2) is 24.3 Å². The van der Waals surface area contributed by atoms with Crippen LogP contribution in [0.3, 0.4) is 0 Å². The Morgan fingerprint density at radius 1 is 1.31 bits per heavy atom. The standard InChI is InChI=1S/C13H19NOS/c1-2-13(15)11-5-3-4-6-12(11)14-7-9-16-10-8-14/h3-6,13,15H,2,7-10H2,1H3/t13-/m0/s1. The summed E-state index contributed by atoms with van der Waals surface area (Å²) in [5.74, 6) is 2.38. The van der Waals surface area contributed by atoms with Crippen LogP contribution in [-0.2, 0) is 0 Å². The van der Waals surface area contributed by atoms with Crippen LogP contribution in [0.4, 0.5) is 5.69 Å². The highest BCUT2D eigenvalue weighted by Crippen LogP contribution is 2.29. The summed E-state index contributed by atoms with van der Waals surface area (Å²) in [7, 11) is 0. The molecule has 0 bridgehead atoms. The molecule has 1 heterocycles. The number of hydrogen-bond donors (Lipinski definition) is 1. The van der Waals surface area contributed by atoms with Crippen LogP contribution in [0.1, 0.15) is 25.0 Å². The first kappa shape index (κ1) is 11.8. The summed E-state index contributed by atoms with van der Waals surface area (Å²) in [4.78, 5) is 2.39. The van der Waals surface area contributed by atoms with E-state index in [0.717, 1.165) is 25.1 Å². The molecule has 0 saturated carbocycles. The minimum atomic E-state index is -0.328. The van der Waals surface area contributed by atoms with Crippen LogP contribution >= 0.6 is 11.8 Å². The van der Waals surface area contributed by atoms with Crippen molar-refractivity contribution in [2.24, 2.45) is 0 Å². The highest BCUT2D eigenvalue weighted by Gasteiger charge is 2.17. The van der Waals surface area contributed by atoms with Gasteiger partial charge in [-0.3, -0.25) is 0 Å². The smallest absolute Gasteiger partial charge is 0.0807 e. The Balaban J connectivity index is 2.24. The van der Waals surface area contributed by atoms with Gasteiger partial charge in [-0.25, -0.2) is 0 Å². The van der Waals surface area contributed by atoms with Crippen molar-refractivity contribution in [3.05, 3.63) is 29.8 Å². The largest absolute Gasteiger partial charge is 0.388 e. The topological polar surface area (TPSA) is 23.5 Å². The van der Waals surface area contributed by atoms with Crippen molar-refractivity contribution in [2.45, 2.75) is 19.4 Å². The van der Waals surface area contributed by atoms with E-state index in [2.05, 4.69) is 17.0 Å². The van der Waals surface area contributed by atoms with Gasteiger partial charge in [0.05, 0.1) is 6.10 Å². The Bertz CT molecular complexity index is 336. The maximum absolute atomic E-state index is 10.0. The fraction of sp³-hybridized carbons (Fsp3) is 0.538. The van der Waals surface area contributed by atoms with E-state index in [1.54, 1.807) is 0 Å². The second-order valence-corrected chi connectivity index (χ2v) is 5.31. The number of hydrogen-bond acceptors (Lipinski definition) is 3. The van der Waals surface area contributed by atoms with Gasteiger partial charge in [-0.1, -0.05) is 25.1 Å². The number of thioether (sulfide) groups is 1.